The lowest BCUT2D eigenvalue weighted by Crippen LogP contribution is -2.34. The number of rotatable bonds is 7. The van der Waals surface area contributed by atoms with Gasteiger partial charge in [-0.15, -0.1) is 0 Å². The SMILES string of the molecule is COc1ccc(-c2ccc(=O)n(CC(=O)NCCc3c[nH]c4ccc(Cl)cc34)n2)cc1. The molecule has 0 atom stereocenters. The van der Waals surface area contributed by atoms with Crippen LogP contribution < -0.4 is 15.6 Å². The third-order valence-corrected chi connectivity index (χ3v) is 5.23. The van der Waals surface area contributed by atoms with Gasteiger partial charge in [-0.25, -0.2) is 4.68 Å². The molecule has 0 aliphatic carbocycles. The Bertz CT molecular complexity index is 1280. The van der Waals surface area contributed by atoms with Gasteiger partial charge in [0.2, 0.25) is 5.91 Å². The smallest absolute Gasteiger partial charge is 0.267 e. The molecule has 2 aromatic carbocycles. The highest BCUT2D eigenvalue weighted by molar-refractivity contribution is 6.31. The second-order valence-corrected chi connectivity index (χ2v) is 7.48. The summed E-state index contributed by atoms with van der Waals surface area (Å²) >= 11 is 6.08. The molecule has 2 aromatic heterocycles. The van der Waals surface area contributed by atoms with Crippen molar-refractivity contribution in [1.82, 2.24) is 20.1 Å². The minimum atomic E-state index is -0.335. The van der Waals surface area contributed by atoms with Gasteiger partial charge < -0.3 is 15.0 Å². The first kappa shape index (κ1) is 20.7. The van der Waals surface area contributed by atoms with Crippen LogP contribution in [0.2, 0.25) is 5.02 Å². The van der Waals surface area contributed by atoms with E-state index in [0.29, 0.717) is 23.7 Å². The first-order valence-electron chi connectivity index (χ1n) is 9.78. The Morgan fingerprint density at radius 1 is 1.16 bits per heavy atom. The fraction of sp³-hybridized carbons (Fsp3) is 0.174. The van der Waals surface area contributed by atoms with Crippen molar-refractivity contribution in [3.63, 3.8) is 0 Å². The monoisotopic (exact) mass is 436 g/mol. The Hall–Kier alpha value is -3.58. The minimum absolute atomic E-state index is 0.150. The minimum Gasteiger partial charge on any atom is -0.497 e. The van der Waals surface area contributed by atoms with Gasteiger partial charge in [0.1, 0.15) is 12.3 Å². The summed E-state index contributed by atoms with van der Waals surface area (Å²) in [4.78, 5) is 27.7. The number of benzene rings is 2. The highest BCUT2D eigenvalue weighted by Gasteiger charge is 2.09. The van der Waals surface area contributed by atoms with Crippen LogP contribution in [0.5, 0.6) is 5.75 Å². The first-order chi connectivity index (χ1) is 15.0. The van der Waals surface area contributed by atoms with Gasteiger partial charge in [0.15, 0.2) is 0 Å². The molecule has 7 nitrogen and oxygen atoms in total. The van der Waals surface area contributed by atoms with E-state index in [1.807, 2.05) is 48.7 Å². The summed E-state index contributed by atoms with van der Waals surface area (Å²) < 4.78 is 6.32. The van der Waals surface area contributed by atoms with Crippen LogP contribution in [0.4, 0.5) is 0 Å². The van der Waals surface area contributed by atoms with E-state index in [4.69, 9.17) is 16.3 Å². The molecule has 4 rings (SSSR count). The van der Waals surface area contributed by atoms with E-state index in [2.05, 4.69) is 15.4 Å². The maximum atomic E-state index is 12.4. The highest BCUT2D eigenvalue weighted by Crippen LogP contribution is 2.22. The zero-order chi connectivity index (χ0) is 21.8. The quantitative estimate of drug-likeness (QED) is 0.464. The third-order valence-electron chi connectivity index (χ3n) is 4.99. The number of amides is 1. The predicted molar refractivity (Wildman–Crippen MR) is 121 cm³/mol. The van der Waals surface area contributed by atoms with Crippen molar-refractivity contribution in [2.24, 2.45) is 0 Å². The summed E-state index contributed by atoms with van der Waals surface area (Å²) in [5.41, 5.74) is 3.16. The maximum absolute atomic E-state index is 12.4. The summed E-state index contributed by atoms with van der Waals surface area (Å²) in [7, 11) is 1.60. The van der Waals surface area contributed by atoms with E-state index in [0.717, 1.165) is 27.8 Å². The molecule has 2 N–H and O–H groups in total. The fourth-order valence-electron chi connectivity index (χ4n) is 3.36. The largest absolute Gasteiger partial charge is 0.497 e. The summed E-state index contributed by atoms with van der Waals surface area (Å²) in [5, 5.41) is 8.88. The summed E-state index contributed by atoms with van der Waals surface area (Å²) in [6.45, 7) is 0.285. The fourth-order valence-corrected chi connectivity index (χ4v) is 3.54. The number of ether oxygens (including phenoxy) is 1. The number of aromatic amines is 1. The van der Waals surface area contributed by atoms with E-state index in [-0.39, 0.29) is 18.0 Å². The van der Waals surface area contributed by atoms with Gasteiger partial charge in [-0.2, -0.15) is 5.10 Å². The normalized spacial score (nSPS) is 10.9. The van der Waals surface area contributed by atoms with Crippen molar-refractivity contribution < 1.29 is 9.53 Å². The van der Waals surface area contributed by atoms with Crippen LogP contribution in [-0.4, -0.2) is 34.3 Å². The van der Waals surface area contributed by atoms with Crippen molar-refractivity contribution in [1.29, 1.82) is 0 Å². The first-order valence-corrected chi connectivity index (χ1v) is 10.2. The average molecular weight is 437 g/mol. The lowest BCUT2D eigenvalue weighted by molar-refractivity contribution is -0.121. The zero-order valence-corrected chi connectivity index (χ0v) is 17.6. The topological polar surface area (TPSA) is 89.0 Å². The number of methoxy groups -OCH3 is 1. The molecule has 0 bridgehead atoms. The number of carbonyl (C=O) groups excluding carboxylic acids is 1. The van der Waals surface area contributed by atoms with Crippen molar-refractivity contribution >= 4 is 28.4 Å². The van der Waals surface area contributed by atoms with E-state index in [1.54, 1.807) is 13.2 Å². The van der Waals surface area contributed by atoms with Crippen LogP contribution in [0.15, 0.2) is 65.6 Å². The molecule has 0 saturated carbocycles. The number of nitrogens with zero attached hydrogens (tertiary/aromatic N) is 2. The van der Waals surface area contributed by atoms with Gasteiger partial charge in [0.05, 0.1) is 12.8 Å². The third kappa shape index (κ3) is 4.78. The molecule has 0 spiro atoms. The van der Waals surface area contributed by atoms with Crippen LogP contribution in [0.3, 0.4) is 0 Å². The summed E-state index contributed by atoms with van der Waals surface area (Å²) in [6.07, 6.45) is 2.55. The molecule has 0 radical (unpaired) electrons. The maximum Gasteiger partial charge on any atom is 0.267 e. The summed E-state index contributed by atoms with van der Waals surface area (Å²) in [5.74, 6) is 0.452. The number of hydrogen-bond acceptors (Lipinski definition) is 4. The number of H-pyrrole nitrogens is 1. The second kappa shape index (κ2) is 9.06. The molecular weight excluding hydrogens is 416 g/mol. The van der Waals surface area contributed by atoms with Crippen LogP contribution in [0.25, 0.3) is 22.2 Å². The average Bonchev–Trinajstić information content (AvgIpc) is 3.17. The number of carbonyl (C=O) groups is 1. The molecule has 1 amide bonds. The number of halogens is 1. The van der Waals surface area contributed by atoms with Gasteiger partial charge in [-0.05, 0) is 60.5 Å². The Morgan fingerprint density at radius 3 is 2.74 bits per heavy atom. The van der Waals surface area contributed by atoms with Crippen LogP contribution in [0.1, 0.15) is 5.56 Å². The van der Waals surface area contributed by atoms with Gasteiger partial charge in [-0.1, -0.05) is 11.6 Å². The van der Waals surface area contributed by atoms with Gasteiger partial charge >= 0.3 is 0 Å². The Morgan fingerprint density at radius 2 is 1.97 bits per heavy atom. The predicted octanol–water partition coefficient (Wildman–Crippen LogP) is 3.41. The van der Waals surface area contributed by atoms with Crippen molar-refractivity contribution in [3.05, 3.63) is 81.7 Å². The van der Waals surface area contributed by atoms with Crippen LogP contribution in [-0.2, 0) is 17.8 Å². The molecule has 4 aromatic rings. The van der Waals surface area contributed by atoms with E-state index < -0.39 is 0 Å². The van der Waals surface area contributed by atoms with Crippen molar-refractivity contribution in [2.75, 3.05) is 13.7 Å². The number of fused-ring (bicyclic) bond motifs is 1. The van der Waals surface area contributed by atoms with E-state index >= 15 is 0 Å². The molecule has 0 aliphatic rings. The standard InChI is InChI=1S/C23H21ClN4O3/c1-31-18-5-2-15(3-6-18)20-8-9-23(30)28(27-20)14-22(29)25-11-10-16-13-26-21-7-4-17(24)12-19(16)21/h2-9,12-13,26H,10-11,14H2,1H3,(H,25,29). The molecule has 0 saturated heterocycles. The van der Waals surface area contributed by atoms with Gasteiger partial charge in [0, 0.05) is 40.3 Å². The molecule has 0 unspecified atom stereocenters. The van der Waals surface area contributed by atoms with Gasteiger partial charge in [-0.3, -0.25) is 9.59 Å². The Kier molecular flexibility index (Phi) is 6.04. The summed E-state index contributed by atoms with van der Waals surface area (Å²) in [6, 6.07) is 16.0. The molecule has 31 heavy (non-hydrogen) atoms. The Balaban J connectivity index is 1.39. The van der Waals surface area contributed by atoms with E-state index in [1.165, 1.54) is 10.7 Å². The lowest BCUT2D eigenvalue weighted by Gasteiger charge is -2.09. The molecule has 158 valence electrons. The van der Waals surface area contributed by atoms with Crippen LogP contribution >= 0.6 is 11.6 Å². The zero-order valence-electron chi connectivity index (χ0n) is 16.9. The number of hydrogen-bond donors (Lipinski definition) is 2. The van der Waals surface area contributed by atoms with Gasteiger partial charge in [0.25, 0.3) is 5.56 Å². The number of nitrogens with one attached hydrogen (secondary N) is 2. The van der Waals surface area contributed by atoms with Crippen LogP contribution in [0, 0.1) is 0 Å². The lowest BCUT2D eigenvalue weighted by atomic mass is 10.1. The van der Waals surface area contributed by atoms with Crippen molar-refractivity contribution in [3.8, 4) is 17.0 Å². The molecule has 0 aliphatic heterocycles. The molecule has 0 fully saturated rings. The highest BCUT2D eigenvalue weighted by atomic mass is 35.5. The number of aromatic nitrogens is 3. The van der Waals surface area contributed by atoms with Crippen molar-refractivity contribution in [2.45, 2.75) is 13.0 Å². The molecular formula is C23H21ClN4O3. The van der Waals surface area contributed by atoms with E-state index in [9.17, 15) is 9.59 Å². The molecule has 8 heteroatoms. The second-order valence-electron chi connectivity index (χ2n) is 7.05. The Labute approximate surface area is 183 Å². The molecule has 2 heterocycles.